The Hall–Kier alpha value is -2.75. The number of para-hydroxylation sites is 1. The quantitative estimate of drug-likeness (QED) is 0.296. The highest BCUT2D eigenvalue weighted by atomic mass is 32.2. The number of fused-ring (bicyclic) bond motifs is 1. The van der Waals surface area contributed by atoms with Crippen LogP contribution in [0.5, 0.6) is 0 Å². The number of aliphatic hydroxyl groups is 1. The van der Waals surface area contributed by atoms with Crippen molar-refractivity contribution < 1.29 is 19.4 Å². The molecule has 1 saturated heterocycles. The number of carbonyl (C=O) groups is 1. The molecule has 35 heavy (non-hydrogen) atoms. The lowest BCUT2D eigenvalue weighted by Crippen LogP contribution is -2.31. The van der Waals surface area contributed by atoms with E-state index in [-0.39, 0.29) is 24.7 Å². The molecule has 180 valence electrons. The first-order valence-electron chi connectivity index (χ1n) is 11.4. The van der Waals surface area contributed by atoms with Crippen LogP contribution in [-0.2, 0) is 20.9 Å². The summed E-state index contributed by atoms with van der Waals surface area (Å²) in [6.45, 7) is 1.50. The molecule has 8 heteroatoms. The number of amides is 1. The van der Waals surface area contributed by atoms with Crippen molar-refractivity contribution in [3.05, 3.63) is 89.5 Å². The van der Waals surface area contributed by atoms with Gasteiger partial charge in [-0.3, -0.25) is 4.79 Å². The summed E-state index contributed by atoms with van der Waals surface area (Å²) in [5.41, 5.74) is 4.48. The Morgan fingerprint density at radius 3 is 2.69 bits per heavy atom. The van der Waals surface area contributed by atoms with E-state index in [0.29, 0.717) is 12.1 Å². The molecule has 4 aromatic rings. The van der Waals surface area contributed by atoms with Crippen LogP contribution in [-0.4, -0.2) is 27.9 Å². The second-order valence-electron chi connectivity index (χ2n) is 8.42. The van der Waals surface area contributed by atoms with Gasteiger partial charge in [0, 0.05) is 30.3 Å². The summed E-state index contributed by atoms with van der Waals surface area (Å²) in [6, 6.07) is 23.6. The summed E-state index contributed by atoms with van der Waals surface area (Å²) in [4.78, 5) is 16.3. The number of aromatic nitrogens is 1. The van der Waals surface area contributed by atoms with Crippen molar-refractivity contribution in [3.63, 3.8) is 0 Å². The first-order valence-corrected chi connectivity index (χ1v) is 13.2. The van der Waals surface area contributed by atoms with Crippen LogP contribution >= 0.6 is 23.1 Å². The number of thioether (sulfide) groups is 1. The fourth-order valence-corrected chi connectivity index (χ4v) is 6.18. The van der Waals surface area contributed by atoms with Crippen LogP contribution in [0.15, 0.2) is 77.1 Å². The molecule has 0 radical (unpaired) electrons. The number of hydrogen-bond donors (Lipinski definition) is 2. The molecule has 2 heterocycles. The summed E-state index contributed by atoms with van der Waals surface area (Å²) in [7, 11) is 0. The lowest BCUT2D eigenvalue weighted by Gasteiger charge is -2.36. The molecule has 1 aliphatic heterocycles. The molecular weight excluding hydrogens is 480 g/mol. The molecule has 0 bridgehead atoms. The Kier molecular flexibility index (Phi) is 7.46. The molecule has 3 atom stereocenters. The van der Waals surface area contributed by atoms with Gasteiger partial charge in [-0.15, -0.1) is 11.3 Å². The van der Waals surface area contributed by atoms with Gasteiger partial charge in [-0.2, -0.15) is 0 Å². The van der Waals surface area contributed by atoms with Crippen LogP contribution in [0.1, 0.15) is 42.4 Å². The van der Waals surface area contributed by atoms with Gasteiger partial charge in [0.15, 0.2) is 10.6 Å². The van der Waals surface area contributed by atoms with Crippen LogP contribution in [0, 0.1) is 0 Å². The van der Waals surface area contributed by atoms with E-state index in [9.17, 15) is 9.90 Å². The maximum absolute atomic E-state index is 11.5. The third-order valence-electron chi connectivity index (χ3n) is 5.76. The smallest absolute Gasteiger partial charge is 0.221 e. The van der Waals surface area contributed by atoms with Gasteiger partial charge in [-0.1, -0.05) is 60.3 Å². The van der Waals surface area contributed by atoms with Crippen molar-refractivity contribution in [2.45, 2.75) is 42.8 Å². The summed E-state index contributed by atoms with van der Waals surface area (Å²) < 4.78 is 15.0. The van der Waals surface area contributed by atoms with E-state index in [1.807, 2.05) is 66.7 Å². The number of hydrogen-bond acceptors (Lipinski definition) is 7. The van der Waals surface area contributed by atoms with Crippen molar-refractivity contribution in [1.82, 2.24) is 4.98 Å². The van der Waals surface area contributed by atoms with Gasteiger partial charge in [0.2, 0.25) is 5.91 Å². The topological polar surface area (TPSA) is 80.7 Å². The molecule has 3 aromatic carbocycles. The van der Waals surface area contributed by atoms with Gasteiger partial charge in [0.05, 0.1) is 29.0 Å². The molecule has 1 fully saturated rings. The normalized spacial score (nSPS) is 20.1. The molecule has 1 amide bonds. The minimum absolute atomic E-state index is 0.00884. The number of thiazole rings is 1. The summed E-state index contributed by atoms with van der Waals surface area (Å²) in [6.07, 6.45) is -0.0799. The maximum atomic E-state index is 11.5. The largest absolute Gasteiger partial charge is 0.392 e. The van der Waals surface area contributed by atoms with Gasteiger partial charge < -0.3 is 19.9 Å². The van der Waals surface area contributed by atoms with Crippen LogP contribution in [0.3, 0.4) is 0 Å². The predicted octanol–water partition coefficient (Wildman–Crippen LogP) is 6.08. The van der Waals surface area contributed by atoms with E-state index < -0.39 is 6.29 Å². The van der Waals surface area contributed by atoms with E-state index in [4.69, 9.17) is 14.5 Å². The molecule has 6 nitrogen and oxygen atoms in total. The first kappa shape index (κ1) is 24.0. The van der Waals surface area contributed by atoms with Gasteiger partial charge in [0.1, 0.15) is 0 Å². The molecule has 0 spiro atoms. The lowest BCUT2D eigenvalue weighted by atomic mass is 10.0. The molecule has 1 aromatic heterocycles. The minimum Gasteiger partial charge on any atom is -0.392 e. The Labute approximate surface area is 212 Å². The van der Waals surface area contributed by atoms with Crippen LogP contribution in [0.4, 0.5) is 5.69 Å². The number of benzene rings is 3. The standard InChI is InChI=1S/C27H26N2O4S2/c1-17(31)28-21-6-4-5-20(13-21)26-32-22(14-24(33-26)19-11-9-18(15-30)10-12-19)16-34-27-29-23-7-2-3-8-25(23)35-27/h2-13,22,24,26,30H,14-16H2,1H3,(H,28,31). The predicted molar refractivity (Wildman–Crippen MR) is 140 cm³/mol. The Bertz CT molecular complexity index is 1280. The van der Waals surface area contributed by atoms with Crippen LogP contribution < -0.4 is 5.32 Å². The zero-order valence-electron chi connectivity index (χ0n) is 19.2. The van der Waals surface area contributed by atoms with Crippen molar-refractivity contribution in [3.8, 4) is 0 Å². The number of carbonyl (C=O) groups excluding carboxylic acids is 1. The monoisotopic (exact) mass is 506 g/mol. The maximum Gasteiger partial charge on any atom is 0.221 e. The summed E-state index contributed by atoms with van der Waals surface area (Å²) in [5.74, 6) is 0.621. The highest BCUT2D eigenvalue weighted by molar-refractivity contribution is 8.01. The highest BCUT2D eigenvalue weighted by Crippen LogP contribution is 2.40. The molecule has 1 aliphatic rings. The molecule has 5 rings (SSSR count). The number of aliphatic hydroxyl groups excluding tert-OH is 1. The zero-order valence-corrected chi connectivity index (χ0v) is 20.9. The number of nitrogens with one attached hydrogen (secondary N) is 1. The van der Waals surface area contributed by atoms with Crippen molar-refractivity contribution in [2.24, 2.45) is 0 Å². The number of rotatable bonds is 7. The van der Waals surface area contributed by atoms with Crippen LogP contribution in [0.25, 0.3) is 10.2 Å². The van der Waals surface area contributed by atoms with Crippen molar-refractivity contribution >= 4 is 44.9 Å². The summed E-state index contributed by atoms with van der Waals surface area (Å²) >= 11 is 3.39. The van der Waals surface area contributed by atoms with Crippen molar-refractivity contribution in [1.29, 1.82) is 0 Å². The number of nitrogens with zero attached hydrogens (tertiary/aromatic N) is 1. The van der Waals surface area contributed by atoms with Gasteiger partial charge in [0.25, 0.3) is 0 Å². The van der Waals surface area contributed by atoms with Crippen molar-refractivity contribution in [2.75, 3.05) is 11.1 Å². The molecular formula is C27H26N2O4S2. The minimum atomic E-state index is -0.569. The fourth-order valence-electron chi connectivity index (χ4n) is 4.07. The zero-order chi connectivity index (χ0) is 24.2. The fraction of sp³-hybridized carbons (Fsp3) is 0.259. The first-order chi connectivity index (χ1) is 17.1. The van der Waals surface area contributed by atoms with Gasteiger partial charge in [-0.25, -0.2) is 4.98 Å². The SMILES string of the molecule is CC(=O)Nc1cccc(C2OC(CSc3nc4ccccc4s3)CC(c3ccc(CO)cc3)O2)c1. The number of anilines is 1. The average molecular weight is 507 g/mol. The van der Waals surface area contributed by atoms with Gasteiger partial charge >= 0.3 is 0 Å². The van der Waals surface area contributed by atoms with E-state index >= 15 is 0 Å². The third kappa shape index (κ3) is 5.91. The Morgan fingerprint density at radius 1 is 1.09 bits per heavy atom. The Balaban J connectivity index is 1.36. The average Bonchev–Trinajstić information content (AvgIpc) is 3.30. The lowest BCUT2D eigenvalue weighted by molar-refractivity contribution is -0.245. The molecule has 3 unspecified atom stereocenters. The van der Waals surface area contributed by atoms with Gasteiger partial charge in [-0.05, 0) is 35.4 Å². The van der Waals surface area contributed by atoms with E-state index in [0.717, 1.165) is 32.3 Å². The summed E-state index contributed by atoms with van der Waals surface area (Å²) in [5, 5.41) is 12.2. The second kappa shape index (κ2) is 10.9. The third-order valence-corrected chi connectivity index (χ3v) is 8.07. The van der Waals surface area contributed by atoms with E-state index in [2.05, 4.69) is 11.4 Å². The highest BCUT2D eigenvalue weighted by Gasteiger charge is 2.32. The second-order valence-corrected chi connectivity index (χ2v) is 10.7. The molecule has 0 saturated carbocycles. The van der Waals surface area contributed by atoms with Crippen LogP contribution in [0.2, 0.25) is 0 Å². The van der Waals surface area contributed by atoms with E-state index in [1.165, 1.54) is 11.6 Å². The Morgan fingerprint density at radius 2 is 1.91 bits per heavy atom. The van der Waals surface area contributed by atoms with E-state index in [1.54, 1.807) is 23.1 Å². The molecule has 2 N–H and O–H groups in total. The molecule has 0 aliphatic carbocycles. The number of ether oxygens (including phenoxy) is 2.